The lowest BCUT2D eigenvalue weighted by atomic mass is 9.74. The molecular weight excluding hydrogens is 346 g/mol. The number of methoxy groups -OCH3 is 1. The van der Waals surface area contributed by atoms with Gasteiger partial charge in [-0.05, 0) is 24.2 Å². The average Bonchev–Trinajstić information content (AvgIpc) is 2.76. The van der Waals surface area contributed by atoms with Crippen molar-refractivity contribution in [2.45, 2.75) is 30.5 Å². The van der Waals surface area contributed by atoms with Gasteiger partial charge in [0.15, 0.2) is 0 Å². The molecule has 4 rings (SSSR count). The van der Waals surface area contributed by atoms with Crippen molar-refractivity contribution in [2.24, 2.45) is 0 Å². The van der Waals surface area contributed by atoms with E-state index < -0.39 is 5.60 Å². The van der Waals surface area contributed by atoms with Gasteiger partial charge in [0, 0.05) is 30.5 Å². The molecule has 0 bridgehead atoms. The number of hydrogen-bond donors (Lipinski definition) is 1. The lowest BCUT2D eigenvalue weighted by molar-refractivity contribution is -0.0749. The molecular formula is C25H27NO2. The number of benzene rings is 3. The maximum absolute atomic E-state index is 11.9. The summed E-state index contributed by atoms with van der Waals surface area (Å²) >= 11 is 0. The van der Waals surface area contributed by atoms with Crippen LogP contribution in [0.3, 0.4) is 0 Å². The Morgan fingerprint density at radius 2 is 1.25 bits per heavy atom. The predicted octanol–water partition coefficient (Wildman–Crippen LogP) is 5.09. The number of nitrogens with zero attached hydrogens (tertiary/aromatic N) is 1. The van der Waals surface area contributed by atoms with E-state index in [4.69, 9.17) is 4.74 Å². The predicted molar refractivity (Wildman–Crippen MR) is 112 cm³/mol. The number of ether oxygens (including phenoxy) is 1. The summed E-state index contributed by atoms with van der Waals surface area (Å²) < 4.78 is 5.60. The minimum Gasteiger partial charge on any atom is -0.496 e. The van der Waals surface area contributed by atoms with Crippen LogP contribution in [0.5, 0.6) is 5.75 Å². The fourth-order valence-corrected chi connectivity index (χ4v) is 4.53. The van der Waals surface area contributed by atoms with E-state index in [0.717, 1.165) is 11.3 Å². The number of hydrogen-bond acceptors (Lipinski definition) is 3. The normalized spacial score (nSPS) is 25.4. The maximum atomic E-state index is 11.9. The summed E-state index contributed by atoms with van der Waals surface area (Å²) in [7, 11) is 3.83. The first-order valence-electron chi connectivity index (χ1n) is 9.80. The van der Waals surface area contributed by atoms with Crippen LogP contribution < -0.4 is 4.74 Å². The molecule has 144 valence electrons. The van der Waals surface area contributed by atoms with Crippen molar-refractivity contribution in [3.63, 3.8) is 0 Å². The third-order valence-corrected chi connectivity index (χ3v) is 6.02. The van der Waals surface area contributed by atoms with E-state index in [1.54, 1.807) is 7.11 Å². The Kier molecular flexibility index (Phi) is 5.21. The molecule has 3 nitrogen and oxygen atoms in total. The molecule has 0 aromatic heterocycles. The van der Waals surface area contributed by atoms with Gasteiger partial charge >= 0.3 is 0 Å². The first-order valence-corrected chi connectivity index (χ1v) is 9.80. The summed E-state index contributed by atoms with van der Waals surface area (Å²) in [5.74, 6) is 0.744. The lowest BCUT2D eigenvalue weighted by Gasteiger charge is -2.48. The molecule has 3 aromatic carbocycles. The molecule has 0 amide bonds. The zero-order valence-corrected chi connectivity index (χ0v) is 16.5. The van der Waals surface area contributed by atoms with Crippen molar-refractivity contribution in [1.82, 2.24) is 4.90 Å². The van der Waals surface area contributed by atoms with Crippen molar-refractivity contribution in [2.75, 3.05) is 14.2 Å². The fourth-order valence-electron chi connectivity index (χ4n) is 4.53. The van der Waals surface area contributed by atoms with Crippen LogP contribution in [-0.2, 0) is 5.60 Å². The molecule has 0 radical (unpaired) electrons. The van der Waals surface area contributed by atoms with Gasteiger partial charge in [0.1, 0.15) is 5.75 Å². The molecule has 0 saturated carbocycles. The van der Waals surface area contributed by atoms with E-state index in [2.05, 4.69) is 60.5 Å². The van der Waals surface area contributed by atoms with Crippen molar-refractivity contribution in [3.8, 4) is 5.75 Å². The highest BCUT2D eigenvalue weighted by Gasteiger charge is 2.45. The van der Waals surface area contributed by atoms with Gasteiger partial charge in [0.2, 0.25) is 0 Å². The summed E-state index contributed by atoms with van der Waals surface area (Å²) in [6.45, 7) is 0. The molecule has 28 heavy (non-hydrogen) atoms. The van der Waals surface area contributed by atoms with Crippen LogP contribution in [0, 0.1) is 0 Å². The topological polar surface area (TPSA) is 32.7 Å². The number of aliphatic hydroxyl groups is 1. The summed E-state index contributed by atoms with van der Waals surface area (Å²) in [5.41, 5.74) is 2.34. The zero-order valence-electron chi connectivity index (χ0n) is 16.5. The van der Waals surface area contributed by atoms with E-state index in [-0.39, 0.29) is 12.1 Å². The second-order valence-electron chi connectivity index (χ2n) is 7.66. The van der Waals surface area contributed by atoms with E-state index in [1.807, 2.05) is 36.4 Å². The SMILES string of the molecule is COc1ccccc1C1(O)C[C@H](c2ccccc2)N(C)[C@@H](c2ccccc2)C1. The lowest BCUT2D eigenvalue weighted by Crippen LogP contribution is -2.45. The summed E-state index contributed by atoms with van der Waals surface area (Å²) in [5, 5.41) is 11.9. The molecule has 1 heterocycles. The summed E-state index contributed by atoms with van der Waals surface area (Å²) in [6, 6.07) is 29.0. The van der Waals surface area contributed by atoms with Gasteiger partial charge in [-0.2, -0.15) is 0 Å². The number of para-hydroxylation sites is 1. The van der Waals surface area contributed by atoms with E-state index in [0.29, 0.717) is 12.8 Å². The van der Waals surface area contributed by atoms with Gasteiger partial charge in [-0.3, -0.25) is 4.90 Å². The van der Waals surface area contributed by atoms with Crippen LogP contribution >= 0.6 is 0 Å². The Hall–Kier alpha value is -2.62. The molecule has 0 aliphatic carbocycles. The molecule has 1 fully saturated rings. The van der Waals surface area contributed by atoms with Gasteiger partial charge in [0.25, 0.3) is 0 Å². The van der Waals surface area contributed by atoms with Gasteiger partial charge < -0.3 is 9.84 Å². The average molecular weight is 373 g/mol. The highest BCUT2D eigenvalue weighted by molar-refractivity contribution is 5.40. The van der Waals surface area contributed by atoms with Gasteiger partial charge in [-0.15, -0.1) is 0 Å². The second-order valence-corrected chi connectivity index (χ2v) is 7.66. The van der Waals surface area contributed by atoms with Crippen LogP contribution in [-0.4, -0.2) is 24.2 Å². The summed E-state index contributed by atoms with van der Waals surface area (Å²) in [4.78, 5) is 2.40. The molecule has 0 spiro atoms. The van der Waals surface area contributed by atoms with Crippen LogP contribution in [0.15, 0.2) is 84.9 Å². The van der Waals surface area contributed by atoms with Gasteiger partial charge in [-0.25, -0.2) is 0 Å². The van der Waals surface area contributed by atoms with Crippen molar-refractivity contribution in [1.29, 1.82) is 0 Å². The van der Waals surface area contributed by atoms with Crippen molar-refractivity contribution in [3.05, 3.63) is 102 Å². The molecule has 3 heteroatoms. The fraction of sp³-hybridized carbons (Fsp3) is 0.280. The van der Waals surface area contributed by atoms with Crippen molar-refractivity contribution < 1.29 is 9.84 Å². The van der Waals surface area contributed by atoms with Crippen LogP contribution in [0.25, 0.3) is 0 Å². The van der Waals surface area contributed by atoms with E-state index in [9.17, 15) is 5.11 Å². The molecule has 1 N–H and O–H groups in total. The molecule has 2 atom stereocenters. The summed E-state index contributed by atoms with van der Waals surface area (Å²) in [6.07, 6.45) is 1.24. The Labute approximate surface area is 167 Å². The van der Waals surface area contributed by atoms with E-state index in [1.165, 1.54) is 11.1 Å². The highest BCUT2D eigenvalue weighted by atomic mass is 16.5. The first-order chi connectivity index (χ1) is 13.6. The molecule has 1 aliphatic heterocycles. The number of likely N-dealkylation sites (tertiary alicyclic amines) is 1. The molecule has 1 saturated heterocycles. The molecule has 3 aromatic rings. The standard InChI is InChI=1S/C25H27NO2/c1-26-22(19-11-5-3-6-12-19)17-25(27,21-15-9-10-16-24(21)28-2)18-23(26)20-13-7-4-8-14-20/h3-16,22-23,27H,17-18H2,1-2H3/t22-,23-/m1/s1. The maximum Gasteiger partial charge on any atom is 0.124 e. The first kappa shape index (κ1) is 18.7. The Morgan fingerprint density at radius 1 is 0.786 bits per heavy atom. The number of rotatable bonds is 4. The Bertz CT molecular complexity index is 861. The Morgan fingerprint density at radius 3 is 1.75 bits per heavy atom. The molecule has 0 unspecified atom stereocenters. The largest absolute Gasteiger partial charge is 0.496 e. The third kappa shape index (κ3) is 3.44. The van der Waals surface area contributed by atoms with E-state index >= 15 is 0 Å². The quantitative estimate of drug-likeness (QED) is 0.691. The Balaban J connectivity index is 1.81. The second kappa shape index (κ2) is 7.78. The van der Waals surface area contributed by atoms with Crippen LogP contribution in [0.1, 0.15) is 41.6 Å². The molecule has 1 aliphatic rings. The third-order valence-electron chi connectivity index (χ3n) is 6.02. The zero-order chi connectivity index (χ0) is 19.6. The van der Waals surface area contributed by atoms with Crippen molar-refractivity contribution >= 4 is 0 Å². The van der Waals surface area contributed by atoms with Crippen LogP contribution in [0.2, 0.25) is 0 Å². The highest BCUT2D eigenvalue weighted by Crippen LogP contribution is 2.51. The van der Waals surface area contributed by atoms with Gasteiger partial charge in [0.05, 0.1) is 12.7 Å². The minimum atomic E-state index is -0.972. The van der Waals surface area contributed by atoms with Gasteiger partial charge in [-0.1, -0.05) is 78.9 Å². The monoisotopic (exact) mass is 373 g/mol. The smallest absolute Gasteiger partial charge is 0.124 e. The number of piperidine rings is 1. The minimum absolute atomic E-state index is 0.107. The van der Waals surface area contributed by atoms with Crippen LogP contribution in [0.4, 0.5) is 0 Å².